The fourth-order valence-electron chi connectivity index (χ4n) is 1.84. The monoisotopic (exact) mass is 303 g/mol. The summed E-state index contributed by atoms with van der Waals surface area (Å²) in [5, 5.41) is 9.64. The number of rotatable bonds is 2. The molecule has 0 aliphatic rings. The van der Waals surface area contributed by atoms with Crippen LogP contribution < -0.4 is 11.2 Å². The maximum absolute atomic E-state index is 11.7. The highest BCUT2D eigenvalue weighted by molar-refractivity contribution is 7.71. The van der Waals surface area contributed by atoms with E-state index < -0.39 is 5.56 Å². The van der Waals surface area contributed by atoms with Crippen molar-refractivity contribution in [2.75, 3.05) is 0 Å². The van der Waals surface area contributed by atoms with E-state index in [-0.39, 0.29) is 21.9 Å². The molecule has 0 bridgehead atoms. The van der Waals surface area contributed by atoms with Crippen LogP contribution in [0.4, 0.5) is 5.69 Å². The number of aromatic hydroxyl groups is 1. The first-order chi connectivity index (χ1) is 10.0. The van der Waals surface area contributed by atoms with Crippen LogP contribution in [0.15, 0.2) is 32.8 Å². The van der Waals surface area contributed by atoms with Gasteiger partial charge in [0.25, 0.3) is 5.56 Å². The van der Waals surface area contributed by atoms with Crippen molar-refractivity contribution < 1.29 is 5.11 Å². The summed E-state index contributed by atoms with van der Waals surface area (Å²) >= 11 is 4.73. The van der Waals surface area contributed by atoms with E-state index in [1.165, 1.54) is 6.21 Å². The van der Waals surface area contributed by atoms with Crippen molar-refractivity contribution in [2.24, 2.45) is 4.99 Å². The SMILES string of the molecule is O=c1[nH]c2ccc(N=Cc3c(O)[nH]c(=S)[nH]c3=O)cc2[nH]1. The molecule has 0 fully saturated rings. The Labute approximate surface area is 121 Å². The Bertz CT molecular complexity index is 1020. The number of aromatic amines is 4. The average Bonchev–Trinajstić information content (AvgIpc) is 2.76. The fraction of sp³-hybridized carbons (Fsp3) is 0. The number of nitrogens with one attached hydrogen (secondary N) is 4. The van der Waals surface area contributed by atoms with Crippen molar-refractivity contribution >= 4 is 35.2 Å². The minimum absolute atomic E-state index is 0.0287. The van der Waals surface area contributed by atoms with Gasteiger partial charge in [-0.25, -0.2) is 4.79 Å². The van der Waals surface area contributed by atoms with Crippen LogP contribution in [0.2, 0.25) is 0 Å². The van der Waals surface area contributed by atoms with Gasteiger partial charge in [-0.1, -0.05) is 0 Å². The molecule has 2 heterocycles. The fourth-order valence-corrected chi connectivity index (χ4v) is 2.03. The Kier molecular flexibility index (Phi) is 3.03. The summed E-state index contributed by atoms with van der Waals surface area (Å²) in [7, 11) is 0. The molecule has 0 spiro atoms. The van der Waals surface area contributed by atoms with E-state index in [1.54, 1.807) is 18.2 Å². The van der Waals surface area contributed by atoms with Crippen LogP contribution >= 0.6 is 12.2 Å². The van der Waals surface area contributed by atoms with E-state index in [0.29, 0.717) is 16.7 Å². The lowest BCUT2D eigenvalue weighted by atomic mass is 10.3. The van der Waals surface area contributed by atoms with Crippen LogP contribution in [0.3, 0.4) is 0 Å². The Morgan fingerprint density at radius 1 is 1.10 bits per heavy atom. The summed E-state index contributed by atoms with van der Waals surface area (Å²) in [4.78, 5) is 36.9. The van der Waals surface area contributed by atoms with Crippen LogP contribution in [-0.4, -0.2) is 31.3 Å². The molecule has 0 unspecified atom stereocenters. The molecule has 0 saturated carbocycles. The predicted molar refractivity (Wildman–Crippen MR) is 80.1 cm³/mol. The molecule has 9 heteroatoms. The van der Waals surface area contributed by atoms with E-state index in [9.17, 15) is 14.7 Å². The van der Waals surface area contributed by atoms with E-state index >= 15 is 0 Å². The minimum atomic E-state index is -0.545. The van der Waals surface area contributed by atoms with E-state index in [4.69, 9.17) is 12.2 Å². The molecule has 21 heavy (non-hydrogen) atoms. The zero-order chi connectivity index (χ0) is 15.0. The molecule has 0 amide bonds. The third kappa shape index (κ3) is 2.54. The molecule has 0 atom stereocenters. The Morgan fingerprint density at radius 3 is 2.62 bits per heavy atom. The van der Waals surface area contributed by atoms with Crippen LogP contribution in [0.25, 0.3) is 11.0 Å². The molecule has 106 valence electrons. The third-order valence-electron chi connectivity index (χ3n) is 2.80. The van der Waals surface area contributed by atoms with E-state index in [1.807, 2.05) is 0 Å². The summed E-state index contributed by atoms with van der Waals surface area (Å²) in [6.07, 6.45) is 1.21. The van der Waals surface area contributed by atoms with Gasteiger partial charge in [-0.15, -0.1) is 0 Å². The van der Waals surface area contributed by atoms with Crippen molar-refractivity contribution in [1.29, 1.82) is 0 Å². The molecule has 3 rings (SSSR count). The zero-order valence-electron chi connectivity index (χ0n) is 10.4. The molecule has 8 nitrogen and oxygen atoms in total. The summed E-state index contributed by atoms with van der Waals surface area (Å²) < 4.78 is 0.0287. The summed E-state index contributed by atoms with van der Waals surface area (Å²) in [6, 6.07) is 4.99. The van der Waals surface area contributed by atoms with Gasteiger partial charge in [-0.3, -0.25) is 14.8 Å². The predicted octanol–water partition coefficient (Wildman–Crippen LogP) is 1.06. The summed E-state index contributed by atoms with van der Waals surface area (Å²) in [5.41, 5.74) is 0.876. The van der Waals surface area contributed by atoms with Gasteiger partial charge in [-0.05, 0) is 30.4 Å². The van der Waals surface area contributed by atoms with Gasteiger partial charge >= 0.3 is 5.69 Å². The number of H-pyrrole nitrogens is 4. The molecular formula is C12H9N5O3S. The van der Waals surface area contributed by atoms with Crippen molar-refractivity contribution in [2.45, 2.75) is 0 Å². The first-order valence-electron chi connectivity index (χ1n) is 5.84. The molecule has 0 aliphatic heterocycles. The lowest BCUT2D eigenvalue weighted by molar-refractivity contribution is 0.449. The number of aromatic nitrogens is 4. The smallest absolute Gasteiger partial charge is 0.323 e. The second-order valence-corrected chi connectivity index (χ2v) is 4.65. The highest BCUT2D eigenvalue weighted by Crippen LogP contribution is 2.17. The topological polar surface area (TPSA) is 130 Å². The standard InChI is InChI=1S/C12H9N5O3S/c18-9-6(10(19)17-12(21)16-9)4-13-5-1-2-7-8(3-5)15-11(20)14-7/h1-4H,(H2,14,15,20)(H3,16,17,18,19,21). The molecule has 0 saturated heterocycles. The van der Waals surface area contributed by atoms with Gasteiger partial charge in [0.1, 0.15) is 5.56 Å². The lowest BCUT2D eigenvalue weighted by Crippen LogP contribution is -2.13. The molecule has 2 aromatic heterocycles. The second kappa shape index (κ2) is 4.87. The largest absolute Gasteiger partial charge is 0.494 e. The minimum Gasteiger partial charge on any atom is -0.494 e. The number of benzene rings is 1. The average molecular weight is 303 g/mol. The quantitative estimate of drug-likeness (QED) is 0.358. The maximum Gasteiger partial charge on any atom is 0.323 e. The van der Waals surface area contributed by atoms with Crippen LogP contribution in [0.1, 0.15) is 5.56 Å². The molecule has 0 radical (unpaired) electrons. The Hall–Kier alpha value is -2.94. The number of imidazole rings is 1. The van der Waals surface area contributed by atoms with Gasteiger partial charge in [0, 0.05) is 6.21 Å². The third-order valence-corrected chi connectivity index (χ3v) is 3.01. The molecular weight excluding hydrogens is 294 g/mol. The Balaban J connectivity index is 2.03. The van der Waals surface area contributed by atoms with E-state index in [0.717, 1.165) is 0 Å². The first kappa shape index (κ1) is 13.1. The van der Waals surface area contributed by atoms with Gasteiger partial charge in [0.15, 0.2) is 4.77 Å². The van der Waals surface area contributed by atoms with E-state index in [2.05, 4.69) is 24.9 Å². The van der Waals surface area contributed by atoms with Crippen LogP contribution in [-0.2, 0) is 0 Å². The van der Waals surface area contributed by atoms with Gasteiger partial charge < -0.3 is 20.1 Å². The highest BCUT2D eigenvalue weighted by atomic mass is 32.1. The number of fused-ring (bicyclic) bond motifs is 1. The van der Waals surface area contributed by atoms with Crippen molar-refractivity contribution in [3.63, 3.8) is 0 Å². The molecule has 1 aromatic carbocycles. The summed E-state index contributed by atoms with van der Waals surface area (Å²) in [5.74, 6) is -0.358. The van der Waals surface area contributed by atoms with Crippen molar-refractivity contribution in [1.82, 2.24) is 19.9 Å². The van der Waals surface area contributed by atoms with Gasteiger partial charge in [-0.2, -0.15) is 0 Å². The second-order valence-electron chi connectivity index (χ2n) is 4.24. The van der Waals surface area contributed by atoms with Gasteiger partial charge in [0.05, 0.1) is 16.7 Å². The van der Waals surface area contributed by atoms with Crippen molar-refractivity contribution in [3.8, 4) is 5.88 Å². The number of hydrogen-bond acceptors (Lipinski definition) is 5. The molecule has 3 aromatic rings. The zero-order valence-corrected chi connectivity index (χ0v) is 11.2. The molecule has 5 N–H and O–H groups in total. The lowest BCUT2D eigenvalue weighted by Gasteiger charge is -1.97. The van der Waals surface area contributed by atoms with Crippen molar-refractivity contribution in [3.05, 3.63) is 49.4 Å². The van der Waals surface area contributed by atoms with Crippen LogP contribution in [0, 0.1) is 4.77 Å². The summed E-state index contributed by atoms with van der Waals surface area (Å²) in [6.45, 7) is 0. The maximum atomic E-state index is 11.7. The number of hydrogen-bond donors (Lipinski definition) is 5. The number of nitrogens with zero attached hydrogens (tertiary/aromatic N) is 1. The first-order valence-corrected chi connectivity index (χ1v) is 6.25. The molecule has 0 aliphatic carbocycles. The Morgan fingerprint density at radius 2 is 1.86 bits per heavy atom. The highest BCUT2D eigenvalue weighted by Gasteiger charge is 2.04. The van der Waals surface area contributed by atoms with Crippen LogP contribution in [0.5, 0.6) is 5.88 Å². The normalized spacial score (nSPS) is 11.4. The van der Waals surface area contributed by atoms with Gasteiger partial charge in [0.2, 0.25) is 5.88 Å². The number of aliphatic imine (C=N–C) groups is 1.